The number of aryl methyl sites for hydroxylation is 6. The number of benzene rings is 5. The average molecular weight is 549 g/mol. The second-order valence-electron chi connectivity index (χ2n) is 11.2. The van der Waals surface area contributed by atoms with E-state index in [-0.39, 0.29) is 0 Å². The SMILES string of the molecule is Cc1cc(C)c(N(c2ccc(N(c3cnccn3)c3cccc4ccccc34)cc2)c2c(C)cc(C)cc2C)c(C)c1. The summed E-state index contributed by atoms with van der Waals surface area (Å²) in [6, 6.07) is 32.8. The van der Waals surface area contributed by atoms with E-state index in [1.807, 2.05) is 6.20 Å². The van der Waals surface area contributed by atoms with Crippen LogP contribution in [0, 0.1) is 41.5 Å². The lowest BCUT2D eigenvalue weighted by Gasteiger charge is -2.32. The highest BCUT2D eigenvalue weighted by Gasteiger charge is 2.22. The predicted octanol–water partition coefficient (Wildman–Crippen LogP) is 10.4. The van der Waals surface area contributed by atoms with Gasteiger partial charge in [-0.2, -0.15) is 0 Å². The minimum atomic E-state index is 0.772. The third-order valence-electron chi connectivity index (χ3n) is 7.87. The zero-order chi connectivity index (χ0) is 29.4. The molecular formula is C38H36N4. The van der Waals surface area contributed by atoms with Crippen molar-refractivity contribution in [1.82, 2.24) is 9.97 Å². The fraction of sp³-hybridized carbons (Fsp3) is 0.158. The Morgan fingerprint density at radius 2 is 1.05 bits per heavy atom. The molecule has 5 aromatic carbocycles. The van der Waals surface area contributed by atoms with Crippen molar-refractivity contribution in [1.29, 1.82) is 0 Å². The van der Waals surface area contributed by atoms with Gasteiger partial charge in [0, 0.05) is 29.2 Å². The maximum absolute atomic E-state index is 4.71. The van der Waals surface area contributed by atoms with Crippen molar-refractivity contribution in [3.05, 3.63) is 143 Å². The Hall–Kier alpha value is -4.96. The Balaban J connectivity index is 1.54. The smallest absolute Gasteiger partial charge is 0.156 e. The number of fused-ring (bicyclic) bond motifs is 1. The molecule has 1 heterocycles. The van der Waals surface area contributed by atoms with Gasteiger partial charge in [0.25, 0.3) is 0 Å². The highest BCUT2D eigenvalue weighted by atomic mass is 15.2. The first-order chi connectivity index (χ1) is 20.3. The van der Waals surface area contributed by atoms with Crippen molar-refractivity contribution in [2.45, 2.75) is 41.5 Å². The number of hydrogen-bond acceptors (Lipinski definition) is 4. The lowest BCUT2D eigenvalue weighted by molar-refractivity contribution is 1.13. The first-order valence-electron chi connectivity index (χ1n) is 14.4. The summed E-state index contributed by atoms with van der Waals surface area (Å²) < 4.78 is 0. The molecule has 6 aromatic rings. The fourth-order valence-electron chi connectivity index (χ4n) is 6.38. The van der Waals surface area contributed by atoms with Crippen LogP contribution in [0.2, 0.25) is 0 Å². The number of hydrogen-bond donors (Lipinski definition) is 0. The lowest BCUT2D eigenvalue weighted by atomic mass is 9.98. The van der Waals surface area contributed by atoms with Crippen molar-refractivity contribution < 1.29 is 0 Å². The largest absolute Gasteiger partial charge is 0.309 e. The second-order valence-corrected chi connectivity index (χ2v) is 11.2. The van der Waals surface area contributed by atoms with E-state index in [1.165, 1.54) is 50.1 Å². The van der Waals surface area contributed by atoms with Gasteiger partial charge in [0.05, 0.1) is 23.3 Å². The fourth-order valence-corrected chi connectivity index (χ4v) is 6.38. The molecule has 4 nitrogen and oxygen atoms in total. The highest BCUT2D eigenvalue weighted by molar-refractivity contribution is 5.98. The molecule has 0 amide bonds. The van der Waals surface area contributed by atoms with Gasteiger partial charge in [-0.3, -0.25) is 9.88 Å². The Kier molecular flexibility index (Phi) is 7.22. The van der Waals surface area contributed by atoms with Crippen LogP contribution in [0.1, 0.15) is 33.4 Å². The van der Waals surface area contributed by atoms with E-state index in [0.29, 0.717) is 0 Å². The summed E-state index contributed by atoms with van der Waals surface area (Å²) in [5.41, 5.74) is 13.2. The van der Waals surface area contributed by atoms with E-state index in [2.05, 4.69) is 147 Å². The first-order valence-corrected chi connectivity index (χ1v) is 14.4. The van der Waals surface area contributed by atoms with Crippen LogP contribution < -0.4 is 9.80 Å². The van der Waals surface area contributed by atoms with Crippen LogP contribution in [0.25, 0.3) is 10.8 Å². The molecule has 1 aromatic heterocycles. The van der Waals surface area contributed by atoms with Gasteiger partial charge in [-0.1, -0.05) is 71.8 Å². The van der Waals surface area contributed by atoms with Crippen LogP contribution in [-0.2, 0) is 0 Å². The molecule has 0 saturated carbocycles. The topological polar surface area (TPSA) is 32.3 Å². The van der Waals surface area contributed by atoms with Crippen molar-refractivity contribution >= 4 is 45.0 Å². The minimum Gasteiger partial charge on any atom is -0.309 e. The summed E-state index contributed by atoms with van der Waals surface area (Å²) in [4.78, 5) is 13.7. The molecule has 0 fully saturated rings. The number of anilines is 6. The molecule has 0 aliphatic rings. The van der Waals surface area contributed by atoms with Gasteiger partial charge >= 0.3 is 0 Å². The monoisotopic (exact) mass is 548 g/mol. The number of rotatable bonds is 6. The minimum absolute atomic E-state index is 0.772. The quantitative estimate of drug-likeness (QED) is 0.207. The molecule has 0 bridgehead atoms. The first kappa shape index (κ1) is 27.2. The van der Waals surface area contributed by atoms with E-state index < -0.39 is 0 Å². The average Bonchev–Trinajstić information content (AvgIpc) is 2.97. The third kappa shape index (κ3) is 5.01. The Morgan fingerprint density at radius 1 is 0.524 bits per heavy atom. The van der Waals surface area contributed by atoms with Crippen molar-refractivity contribution in [3.63, 3.8) is 0 Å². The Labute approximate surface area is 248 Å². The van der Waals surface area contributed by atoms with Gasteiger partial charge in [-0.05, 0) is 99.5 Å². The summed E-state index contributed by atoms with van der Waals surface area (Å²) in [7, 11) is 0. The van der Waals surface area contributed by atoms with Gasteiger partial charge in [0.2, 0.25) is 0 Å². The second kappa shape index (κ2) is 11.1. The zero-order valence-electron chi connectivity index (χ0n) is 25.2. The summed E-state index contributed by atoms with van der Waals surface area (Å²) in [5, 5.41) is 2.34. The predicted molar refractivity (Wildman–Crippen MR) is 177 cm³/mol. The molecular weight excluding hydrogens is 512 g/mol. The van der Waals surface area contributed by atoms with Gasteiger partial charge < -0.3 is 4.90 Å². The summed E-state index contributed by atoms with van der Waals surface area (Å²) in [6.45, 7) is 13.2. The molecule has 0 spiro atoms. The summed E-state index contributed by atoms with van der Waals surface area (Å²) >= 11 is 0. The molecule has 6 rings (SSSR count). The van der Waals surface area contributed by atoms with Crippen LogP contribution in [0.4, 0.5) is 34.3 Å². The zero-order valence-corrected chi connectivity index (χ0v) is 25.2. The van der Waals surface area contributed by atoms with E-state index in [0.717, 1.165) is 28.3 Å². The standard InChI is InChI=1S/C38H36N4/c1-25-20-27(3)37(28(4)21-25)42(38-29(5)22-26(2)23-30(38)6)33-16-14-32(15-17-33)41(36-24-39-18-19-40-36)35-13-9-11-31-10-7-8-12-34(31)35/h7-24H,1-6H3. The molecule has 0 aliphatic carbocycles. The maximum atomic E-state index is 4.71. The molecule has 4 heteroatoms. The van der Waals surface area contributed by atoms with E-state index in [4.69, 9.17) is 4.98 Å². The van der Waals surface area contributed by atoms with E-state index >= 15 is 0 Å². The van der Waals surface area contributed by atoms with Gasteiger partial charge in [-0.15, -0.1) is 0 Å². The summed E-state index contributed by atoms with van der Waals surface area (Å²) in [6.07, 6.45) is 5.28. The van der Waals surface area contributed by atoms with Crippen LogP contribution in [0.15, 0.2) is 110 Å². The molecule has 0 saturated heterocycles. The third-order valence-corrected chi connectivity index (χ3v) is 7.87. The molecule has 0 aliphatic heterocycles. The molecule has 42 heavy (non-hydrogen) atoms. The van der Waals surface area contributed by atoms with Gasteiger partial charge in [-0.25, -0.2) is 4.98 Å². The highest BCUT2D eigenvalue weighted by Crippen LogP contribution is 2.44. The van der Waals surface area contributed by atoms with E-state index in [1.54, 1.807) is 12.4 Å². The van der Waals surface area contributed by atoms with Crippen molar-refractivity contribution in [3.8, 4) is 0 Å². The van der Waals surface area contributed by atoms with E-state index in [9.17, 15) is 0 Å². The molecule has 0 unspecified atom stereocenters. The van der Waals surface area contributed by atoms with Crippen LogP contribution in [-0.4, -0.2) is 9.97 Å². The molecule has 0 atom stereocenters. The van der Waals surface area contributed by atoms with Crippen molar-refractivity contribution in [2.24, 2.45) is 0 Å². The van der Waals surface area contributed by atoms with Crippen LogP contribution in [0.5, 0.6) is 0 Å². The number of nitrogens with zero attached hydrogens (tertiary/aromatic N) is 4. The van der Waals surface area contributed by atoms with Crippen LogP contribution in [0.3, 0.4) is 0 Å². The van der Waals surface area contributed by atoms with Gasteiger partial charge in [0.1, 0.15) is 0 Å². The Morgan fingerprint density at radius 3 is 1.60 bits per heavy atom. The number of aromatic nitrogens is 2. The van der Waals surface area contributed by atoms with Crippen LogP contribution >= 0.6 is 0 Å². The molecule has 0 N–H and O–H groups in total. The normalized spacial score (nSPS) is 11.1. The Bertz CT molecular complexity index is 1780. The van der Waals surface area contributed by atoms with Crippen molar-refractivity contribution in [2.75, 3.05) is 9.80 Å². The lowest BCUT2D eigenvalue weighted by Crippen LogP contribution is -2.16. The molecule has 208 valence electrons. The maximum Gasteiger partial charge on any atom is 0.156 e. The summed E-state index contributed by atoms with van der Waals surface area (Å²) in [5.74, 6) is 0.772. The molecule has 0 radical (unpaired) electrons. The van der Waals surface area contributed by atoms with Gasteiger partial charge in [0.15, 0.2) is 5.82 Å².